The number of amides is 1. The molecule has 1 saturated heterocycles. The van der Waals surface area contributed by atoms with E-state index in [2.05, 4.69) is 0 Å². The first kappa shape index (κ1) is 13.8. The Bertz CT molecular complexity index is 285. The first-order valence-corrected chi connectivity index (χ1v) is 6.96. The minimum absolute atomic E-state index is 0.0211. The fraction of sp³-hybridized carbons (Fsp3) is 0.923. The zero-order valence-electron chi connectivity index (χ0n) is 10.9. The molecule has 0 aromatic carbocycles. The summed E-state index contributed by atoms with van der Waals surface area (Å²) < 4.78 is 5.35. The third-order valence-corrected chi connectivity index (χ3v) is 4.10. The Morgan fingerprint density at radius 2 is 2.17 bits per heavy atom. The second-order valence-corrected chi connectivity index (χ2v) is 5.43. The Morgan fingerprint density at radius 3 is 2.89 bits per heavy atom. The molecule has 3 unspecified atom stereocenters. The van der Waals surface area contributed by atoms with E-state index in [1.165, 1.54) is 12.8 Å². The van der Waals surface area contributed by atoms with Gasteiger partial charge in [0.15, 0.2) is 0 Å². The average Bonchev–Trinajstić information content (AvgIpc) is 2.41. The van der Waals surface area contributed by atoms with Gasteiger partial charge in [0.1, 0.15) is 0 Å². The lowest BCUT2D eigenvalue weighted by Gasteiger charge is -2.34. The molecule has 18 heavy (non-hydrogen) atoms. The molecule has 2 rings (SSSR count). The van der Waals surface area contributed by atoms with Crippen molar-refractivity contribution >= 4 is 5.91 Å². The summed E-state index contributed by atoms with van der Waals surface area (Å²) in [5.41, 5.74) is 6.07. The van der Waals surface area contributed by atoms with Crippen LogP contribution in [0.5, 0.6) is 0 Å². The molecule has 0 aromatic heterocycles. The molecule has 5 heteroatoms. The van der Waals surface area contributed by atoms with E-state index in [1.807, 2.05) is 4.90 Å². The van der Waals surface area contributed by atoms with E-state index in [-0.39, 0.29) is 24.7 Å². The fourth-order valence-electron chi connectivity index (χ4n) is 2.90. The van der Waals surface area contributed by atoms with Crippen molar-refractivity contribution in [1.29, 1.82) is 0 Å². The molecule has 1 aliphatic heterocycles. The fourth-order valence-corrected chi connectivity index (χ4v) is 2.90. The molecule has 2 fully saturated rings. The van der Waals surface area contributed by atoms with Crippen molar-refractivity contribution in [1.82, 2.24) is 4.90 Å². The zero-order valence-corrected chi connectivity index (χ0v) is 10.9. The lowest BCUT2D eigenvalue weighted by Crippen LogP contribution is -2.48. The number of hydrogen-bond acceptors (Lipinski definition) is 4. The van der Waals surface area contributed by atoms with E-state index >= 15 is 0 Å². The summed E-state index contributed by atoms with van der Waals surface area (Å²) in [6, 6.07) is 0.178. The summed E-state index contributed by atoms with van der Waals surface area (Å²) in [4.78, 5) is 14.0. The predicted octanol–water partition coefficient (Wildman–Crippen LogP) is 0.114. The minimum atomic E-state index is -0.220. The number of rotatable bonds is 3. The van der Waals surface area contributed by atoms with Crippen LogP contribution < -0.4 is 5.73 Å². The SMILES string of the molecule is NC1CCCCC1CC(=O)N1CCOC(CO)C1. The Balaban J connectivity index is 1.83. The average molecular weight is 256 g/mol. The van der Waals surface area contributed by atoms with Gasteiger partial charge in [-0.3, -0.25) is 4.79 Å². The van der Waals surface area contributed by atoms with Crippen LogP contribution in [0.2, 0.25) is 0 Å². The monoisotopic (exact) mass is 256 g/mol. The van der Waals surface area contributed by atoms with E-state index in [4.69, 9.17) is 15.6 Å². The van der Waals surface area contributed by atoms with E-state index < -0.39 is 0 Å². The Morgan fingerprint density at radius 1 is 1.39 bits per heavy atom. The van der Waals surface area contributed by atoms with Gasteiger partial charge in [-0.2, -0.15) is 0 Å². The lowest BCUT2D eigenvalue weighted by molar-refractivity contribution is -0.141. The molecule has 3 atom stereocenters. The quantitative estimate of drug-likeness (QED) is 0.751. The number of aliphatic hydroxyl groups is 1. The summed E-state index contributed by atoms with van der Waals surface area (Å²) in [7, 11) is 0. The first-order valence-electron chi connectivity index (χ1n) is 6.96. The van der Waals surface area contributed by atoms with Crippen molar-refractivity contribution in [3.63, 3.8) is 0 Å². The van der Waals surface area contributed by atoms with Crippen LogP contribution >= 0.6 is 0 Å². The van der Waals surface area contributed by atoms with Gasteiger partial charge in [-0.1, -0.05) is 12.8 Å². The molecule has 1 saturated carbocycles. The number of nitrogens with zero attached hydrogens (tertiary/aromatic N) is 1. The van der Waals surface area contributed by atoms with Gasteiger partial charge in [0.25, 0.3) is 0 Å². The molecule has 0 spiro atoms. The standard InChI is InChI=1S/C13H24N2O3/c14-12-4-2-1-3-10(12)7-13(17)15-5-6-18-11(8-15)9-16/h10-12,16H,1-9,14H2. The molecule has 0 radical (unpaired) electrons. The smallest absolute Gasteiger partial charge is 0.223 e. The largest absolute Gasteiger partial charge is 0.394 e. The van der Waals surface area contributed by atoms with Crippen LogP contribution in [0.15, 0.2) is 0 Å². The summed E-state index contributed by atoms with van der Waals surface area (Å²) in [6.45, 7) is 1.65. The number of ether oxygens (including phenoxy) is 1. The lowest BCUT2D eigenvalue weighted by atomic mass is 9.82. The second kappa shape index (κ2) is 6.50. The van der Waals surface area contributed by atoms with Gasteiger partial charge in [-0.25, -0.2) is 0 Å². The molecule has 3 N–H and O–H groups in total. The molecular formula is C13H24N2O3. The van der Waals surface area contributed by atoms with Crippen molar-refractivity contribution in [2.75, 3.05) is 26.3 Å². The molecule has 1 amide bonds. The highest BCUT2D eigenvalue weighted by atomic mass is 16.5. The Kier molecular flexibility index (Phi) is 4.97. The second-order valence-electron chi connectivity index (χ2n) is 5.43. The van der Waals surface area contributed by atoms with Crippen molar-refractivity contribution in [2.45, 2.75) is 44.2 Å². The molecule has 104 valence electrons. The minimum Gasteiger partial charge on any atom is -0.394 e. The highest BCUT2D eigenvalue weighted by Crippen LogP contribution is 2.26. The van der Waals surface area contributed by atoms with Crippen LogP contribution in [0.3, 0.4) is 0 Å². The number of carbonyl (C=O) groups is 1. The number of nitrogens with two attached hydrogens (primary N) is 1. The number of morpholine rings is 1. The third-order valence-electron chi connectivity index (χ3n) is 4.10. The van der Waals surface area contributed by atoms with Gasteiger partial charge in [0, 0.05) is 25.6 Å². The Hall–Kier alpha value is -0.650. The Labute approximate surface area is 108 Å². The van der Waals surface area contributed by atoms with Gasteiger partial charge >= 0.3 is 0 Å². The molecule has 5 nitrogen and oxygen atoms in total. The van der Waals surface area contributed by atoms with Crippen LogP contribution in [-0.4, -0.2) is 54.4 Å². The van der Waals surface area contributed by atoms with E-state index in [0.717, 1.165) is 12.8 Å². The van der Waals surface area contributed by atoms with Crippen LogP contribution in [-0.2, 0) is 9.53 Å². The summed E-state index contributed by atoms with van der Waals surface area (Å²) >= 11 is 0. The van der Waals surface area contributed by atoms with Crippen molar-refractivity contribution in [2.24, 2.45) is 11.7 Å². The molecule has 1 aliphatic carbocycles. The maximum absolute atomic E-state index is 12.2. The molecule has 0 bridgehead atoms. The van der Waals surface area contributed by atoms with Crippen molar-refractivity contribution < 1.29 is 14.6 Å². The van der Waals surface area contributed by atoms with Crippen LogP contribution in [0.4, 0.5) is 0 Å². The molecule has 2 aliphatic rings. The normalized spacial score (nSPS) is 33.4. The molecule has 0 aromatic rings. The summed E-state index contributed by atoms with van der Waals surface area (Å²) in [6.07, 6.45) is 4.83. The predicted molar refractivity (Wildman–Crippen MR) is 68.0 cm³/mol. The van der Waals surface area contributed by atoms with Gasteiger partial charge in [0.2, 0.25) is 5.91 Å². The maximum Gasteiger partial charge on any atom is 0.223 e. The highest BCUT2D eigenvalue weighted by Gasteiger charge is 2.29. The van der Waals surface area contributed by atoms with Crippen LogP contribution in [0.25, 0.3) is 0 Å². The number of aliphatic hydroxyl groups excluding tert-OH is 1. The van der Waals surface area contributed by atoms with Crippen LogP contribution in [0, 0.1) is 5.92 Å². The van der Waals surface area contributed by atoms with E-state index in [0.29, 0.717) is 32.0 Å². The summed E-state index contributed by atoms with van der Waals surface area (Å²) in [5.74, 6) is 0.501. The van der Waals surface area contributed by atoms with Crippen molar-refractivity contribution in [3.8, 4) is 0 Å². The number of carbonyl (C=O) groups excluding carboxylic acids is 1. The van der Waals surface area contributed by atoms with Gasteiger partial charge in [-0.05, 0) is 18.8 Å². The van der Waals surface area contributed by atoms with E-state index in [1.54, 1.807) is 0 Å². The van der Waals surface area contributed by atoms with Gasteiger partial charge in [0.05, 0.1) is 19.3 Å². The van der Waals surface area contributed by atoms with Crippen LogP contribution in [0.1, 0.15) is 32.1 Å². The maximum atomic E-state index is 12.2. The highest BCUT2D eigenvalue weighted by molar-refractivity contribution is 5.76. The van der Waals surface area contributed by atoms with Gasteiger partial charge in [-0.15, -0.1) is 0 Å². The molecule has 1 heterocycles. The number of hydrogen-bond donors (Lipinski definition) is 2. The van der Waals surface area contributed by atoms with Crippen molar-refractivity contribution in [3.05, 3.63) is 0 Å². The zero-order chi connectivity index (χ0) is 13.0. The summed E-state index contributed by atoms with van der Waals surface area (Å²) in [5, 5.41) is 9.07. The topological polar surface area (TPSA) is 75.8 Å². The molecular weight excluding hydrogens is 232 g/mol. The van der Waals surface area contributed by atoms with Gasteiger partial charge < -0.3 is 20.5 Å². The third kappa shape index (κ3) is 3.43. The van der Waals surface area contributed by atoms with E-state index in [9.17, 15) is 4.79 Å². The first-order chi connectivity index (χ1) is 8.70.